The number of aliphatic hydroxyl groups is 5. The van der Waals surface area contributed by atoms with Crippen molar-refractivity contribution >= 4 is 6.41 Å². The van der Waals surface area contributed by atoms with Crippen LogP contribution in [0.2, 0.25) is 0 Å². The first-order chi connectivity index (χ1) is 16.6. The maximum absolute atomic E-state index is 10.5. The maximum atomic E-state index is 10.5. The van der Waals surface area contributed by atoms with Crippen molar-refractivity contribution in [3.8, 4) is 0 Å². The highest BCUT2D eigenvalue weighted by Gasteiger charge is 2.41. The molecule has 14 nitrogen and oxygen atoms in total. The van der Waals surface area contributed by atoms with Crippen LogP contribution >= 0.6 is 0 Å². The van der Waals surface area contributed by atoms with Gasteiger partial charge in [0.05, 0.1) is 31.0 Å². The molecule has 1 aliphatic carbocycles. The molecule has 208 valence electrons. The molecule has 3 aliphatic rings. The van der Waals surface area contributed by atoms with Crippen molar-refractivity contribution in [2.45, 2.75) is 106 Å². The van der Waals surface area contributed by atoms with Gasteiger partial charge >= 0.3 is 0 Å². The van der Waals surface area contributed by atoms with Gasteiger partial charge in [-0.15, -0.1) is 0 Å². The number of amides is 1. The molecule has 1 amide bonds. The maximum Gasteiger partial charge on any atom is 0.207 e. The summed E-state index contributed by atoms with van der Waals surface area (Å²) in [5.41, 5.74) is 21.4. The van der Waals surface area contributed by atoms with Gasteiger partial charge in [-0.2, -0.15) is 0 Å². The molecule has 3 fully saturated rings. The number of nitrogens with one attached hydrogen (secondary N) is 1. The van der Waals surface area contributed by atoms with Crippen LogP contribution < -0.4 is 28.3 Å². The Morgan fingerprint density at radius 1 is 1.09 bits per heavy atom. The topological polar surface area (TPSA) is 262 Å². The quantitative estimate of drug-likeness (QED) is 0.145. The van der Waals surface area contributed by atoms with Crippen LogP contribution in [0.4, 0.5) is 0 Å². The fraction of sp³-hybridized carbons (Fsp3) is 0.952. The van der Waals surface area contributed by atoms with Crippen LogP contribution in [0.1, 0.15) is 39.0 Å². The molecule has 2 saturated heterocycles. The van der Waals surface area contributed by atoms with Crippen molar-refractivity contribution in [2.24, 2.45) is 22.9 Å². The van der Waals surface area contributed by atoms with Crippen LogP contribution in [-0.4, -0.2) is 119 Å². The molecule has 0 bridgehead atoms. The van der Waals surface area contributed by atoms with Crippen molar-refractivity contribution in [1.82, 2.24) is 5.32 Å². The molecule has 14 N–H and O–H groups in total. The molecule has 0 aromatic carbocycles. The SMILES string of the molecule is CC(O)CN.NC1CC(NC=O)CC(OC2CCC(CO)O2)C1.NC[C@@H]1O[C@H](O)[C@H](N)C(O)[C@@H]1O. The lowest BCUT2D eigenvalue weighted by molar-refractivity contribution is -0.238. The second kappa shape index (κ2) is 16.7. The summed E-state index contributed by atoms with van der Waals surface area (Å²) >= 11 is 0. The van der Waals surface area contributed by atoms with Gasteiger partial charge in [-0.3, -0.25) is 4.79 Å². The minimum Gasteiger partial charge on any atom is -0.394 e. The fourth-order valence-corrected chi connectivity index (χ4v) is 3.94. The third-order valence-electron chi connectivity index (χ3n) is 5.96. The lowest BCUT2D eigenvalue weighted by Gasteiger charge is -2.38. The Labute approximate surface area is 205 Å². The molecular formula is C21H45N5O9. The van der Waals surface area contributed by atoms with E-state index in [9.17, 15) is 15.0 Å². The molecule has 11 atom stereocenters. The predicted molar refractivity (Wildman–Crippen MR) is 125 cm³/mol. The summed E-state index contributed by atoms with van der Waals surface area (Å²) < 4.78 is 16.2. The van der Waals surface area contributed by atoms with E-state index in [4.69, 9.17) is 52.5 Å². The average Bonchev–Trinajstić information content (AvgIpc) is 3.28. The molecule has 14 heteroatoms. The molecule has 2 aliphatic heterocycles. The number of nitrogens with two attached hydrogens (primary N) is 4. The van der Waals surface area contributed by atoms with E-state index in [0.29, 0.717) is 13.0 Å². The van der Waals surface area contributed by atoms with Crippen molar-refractivity contribution < 1.29 is 44.5 Å². The standard InChI is InChI=1S/C12H22N2O4.C6H14N2O4.C3H9NO/c13-8-3-9(14-7-16)5-11(4-8)18-12-2-1-10(6-15)17-12;7-1-2-4(9)5(10)3(8)6(11)12-2;1-3(5)2-4/h7-12,15H,1-6,13H2,(H,14,16);2-6,9-11H,1,7-8H2;3,5H,2,4H2,1H3/t;2-,3+,4+,5?,6-;/m.0./s1. The second-order valence-corrected chi connectivity index (χ2v) is 9.10. The highest BCUT2D eigenvalue weighted by molar-refractivity contribution is 5.46. The summed E-state index contributed by atoms with van der Waals surface area (Å²) in [7, 11) is 0. The van der Waals surface area contributed by atoms with Crippen molar-refractivity contribution in [3.63, 3.8) is 0 Å². The minimum absolute atomic E-state index is 0.0219. The summed E-state index contributed by atoms with van der Waals surface area (Å²) in [4.78, 5) is 10.5. The first kappa shape index (κ1) is 32.0. The molecule has 0 radical (unpaired) electrons. The Morgan fingerprint density at radius 2 is 1.74 bits per heavy atom. The number of rotatable bonds is 7. The molecule has 0 aromatic rings. The van der Waals surface area contributed by atoms with E-state index in [0.717, 1.165) is 32.1 Å². The number of carbonyl (C=O) groups excluding carboxylic acids is 1. The van der Waals surface area contributed by atoms with E-state index < -0.39 is 30.6 Å². The smallest absolute Gasteiger partial charge is 0.207 e. The highest BCUT2D eigenvalue weighted by atomic mass is 16.7. The highest BCUT2D eigenvalue weighted by Crippen LogP contribution is 2.27. The Hall–Kier alpha value is -1.01. The Morgan fingerprint density at radius 3 is 2.26 bits per heavy atom. The minimum atomic E-state index is -1.27. The number of hydrogen-bond acceptors (Lipinski definition) is 13. The molecule has 3 rings (SSSR count). The molecule has 0 aromatic heterocycles. The third kappa shape index (κ3) is 11.3. The summed E-state index contributed by atoms with van der Waals surface area (Å²) in [5, 5.41) is 47.6. The summed E-state index contributed by atoms with van der Waals surface area (Å²) in [6.45, 7) is 2.08. The van der Waals surface area contributed by atoms with E-state index in [1.807, 2.05) is 0 Å². The van der Waals surface area contributed by atoms with Crippen molar-refractivity contribution in [3.05, 3.63) is 0 Å². The van der Waals surface area contributed by atoms with Crippen LogP contribution in [0, 0.1) is 0 Å². The second-order valence-electron chi connectivity index (χ2n) is 9.10. The van der Waals surface area contributed by atoms with E-state index in [1.165, 1.54) is 0 Å². The molecular weight excluding hydrogens is 466 g/mol. The van der Waals surface area contributed by atoms with E-state index in [2.05, 4.69) is 5.32 Å². The van der Waals surface area contributed by atoms with Gasteiger partial charge in [0.1, 0.15) is 18.3 Å². The van der Waals surface area contributed by atoms with Crippen molar-refractivity contribution in [2.75, 3.05) is 19.7 Å². The summed E-state index contributed by atoms with van der Waals surface area (Å²) in [5.74, 6) is 0. The largest absolute Gasteiger partial charge is 0.394 e. The monoisotopic (exact) mass is 511 g/mol. The van der Waals surface area contributed by atoms with Gasteiger partial charge in [0, 0.05) is 31.6 Å². The van der Waals surface area contributed by atoms with E-state index in [-0.39, 0.29) is 49.8 Å². The molecule has 2 heterocycles. The van der Waals surface area contributed by atoms with Crippen LogP contribution in [-0.2, 0) is 19.0 Å². The first-order valence-electron chi connectivity index (χ1n) is 12.0. The summed E-state index contributed by atoms with van der Waals surface area (Å²) in [6, 6.07) is -0.842. The van der Waals surface area contributed by atoms with Crippen molar-refractivity contribution in [1.29, 1.82) is 0 Å². The predicted octanol–water partition coefficient (Wildman–Crippen LogP) is -4.47. The van der Waals surface area contributed by atoms with Crippen LogP contribution in [0.25, 0.3) is 0 Å². The number of hydrogen-bond donors (Lipinski definition) is 10. The Kier molecular flexibility index (Phi) is 15.3. The number of aliphatic hydroxyl groups excluding tert-OH is 5. The molecule has 0 spiro atoms. The van der Waals surface area contributed by atoms with Gasteiger partial charge in [0.15, 0.2) is 12.6 Å². The Balaban J connectivity index is 0.000000310. The molecule has 7 unspecified atom stereocenters. The zero-order valence-corrected chi connectivity index (χ0v) is 20.3. The van der Waals surface area contributed by atoms with Gasteiger partial charge < -0.3 is 68.0 Å². The number of carbonyl (C=O) groups is 1. The van der Waals surface area contributed by atoms with Crippen LogP contribution in [0.15, 0.2) is 0 Å². The lowest BCUT2D eigenvalue weighted by Crippen LogP contribution is -2.62. The van der Waals surface area contributed by atoms with Gasteiger partial charge in [-0.05, 0) is 32.6 Å². The molecule has 35 heavy (non-hydrogen) atoms. The van der Waals surface area contributed by atoms with Crippen LogP contribution in [0.3, 0.4) is 0 Å². The van der Waals surface area contributed by atoms with Gasteiger partial charge in [-0.1, -0.05) is 0 Å². The first-order valence-corrected chi connectivity index (χ1v) is 12.0. The summed E-state index contributed by atoms with van der Waals surface area (Å²) in [6.07, 6.45) is -0.288. The fourth-order valence-electron chi connectivity index (χ4n) is 3.94. The van der Waals surface area contributed by atoms with Crippen LogP contribution in [0.5, 0.6) is 0 Å². The number of ether oxygens (including phenoxy) is 3. The zero-order valence-electron chi connectivity index (χ0n) is 20.3. The Bertz CT molecular complexity index is 575. The average molecular weight is 512 g/mol. The third-order valence-corrected chi connectivity index (χ3v) is 5.96. The lowest BCUT2D eigenvalue weighted by atomic mass is 9.89. The van der Waals surface area contributed by atoms with Gasteiger partial charge in [-0.25, -0.2) is 0 Å². The van der Waals surface area contributed by atoms with Gasteiger partial charge in [0.25, 0.3) is 0 Å². The van der Waals surface area contributed by atoms with E-state index in [1.54, 1.807) is 6.92 Å². The van der Waals surface area contributed by atoms with E-state index >= 15 is 0 Å². The molecule has 1 saturated carbocycles. The normalized spacial score (nSPS) is 39.9. The van der Waals surface area contributed by atoms with Gasteiger partial charge in [0.2, 0.25) is 6.41 Å². The zero-order chi connectivity index (χ0) is 26.5.